The molecule has 2 unspecified atom stereocenters. The van der Waals surface area contributed by atoms with Crippen molar-refractivity contribution in [3.05, 3.63) is 42.0 Å². The Morgan fingerprint density at radius 3 is 2.48 bits per heavy atom. The van der Waals surface area contributed by atoms with Crippen LogP contribution in [-0.4, -0.2) is 30.1 Å². The first kappa shape index (κ1) is 19.4. The molecule has 0 bridgehead atoms. The summed E-state index contributed by atoms with van der Waals surface area (Å²) >= 11 is 0. The maximum absolute atomic E-state index is 13.0. The van der Waals surface area contributed by atoms with E-state index in [-0.39, 0.29) is 5.78 Å². The number of hydrogen-bond donors (Lipinski definition) is 0. The van der Waals surface area contributed by atoms with Crippen LogP contribution in [0.15, 0.2) is 36.4 Å². The van der Waals surface area contributed by atoms with Crippen LogP contribution in [0, 0.1) is 5.41 Å². The van der Waals surface area contributed by atoms with E-state index < -0.39 is 23.1 Å². The molecule has 0 spiro atoms. The second-order valence-electron chi connectivity index (χ2n) is 7.40. The van der Waals surface area contributed by atoms with Crippen LogP contribution in [0.5, 0.6) is 0 Å². The molecule has 1 saturated carbocycles. The zero-order valence-corrected chi connectivity index (χ0v) is 15.6. The van der Waals surface area contributed by atoms with Gasteiger partial charge in [0.25, 0.3) is 0 Å². The van der Waals surface area contributed by atoms with Gasteiger partial charge in [-0.05, 0) is 46.1 Å². The van der Waals surface area contributed by atoms with Crippen molar-refractivity contribution < 1.29 is 19.1 Å². The molecule has 1 fully saturated rings. The normalized spacial score (nSPS) is 22.3. The molecule has 2 rings (SSSR count). The standard InChI is InChI=1S/C21H28O4/c1-5-24-18(14-13-16-10-7-6-8-11-16)21(15-9-12-17(21)22)19(23)25-20(2,3)4/h6-8,10-11,13-14,18H,5,9,12,15H2,1-4H3/b14-13+. The van der Waals surface area contributed by atoms with Crippen molar-refractivity contribution >= 4 is 17.8 Å². The van der Waals surface area contributed by atoms with Gasteiger partial charge in [0, 0.05) is 13.0 Å². The number of rotatable bonds is 6. The first-order valence-electron chi connectivity index (χ1n) is 8.91. The van der Waals surface area contributed by atoms with E-state index in [1.165, 1.54) is 0 Å². The van der Waals surface area contributed by atoms with E-state index in [0.29, 0.717) is 25.9 Å². The van der Waals surface area contributed by atoms with Crippen LogP contribution in [0.1, 0.15) is 52.5 Å². The molecule has 0 heterocycles. The Kier molecular flexibility index (Phi) is 6.17. The van der Waals surface area contributed by atoms with Crippen LogP contribution < -0.4 is 0 Å². The molecule has 0 amide bonds. The average molecular weight is 344 g/mol. The van der Waals surface area contributed by atoms with Crippen LogP contribution in [0.25, 0.3) is 6.08 Å². The van der Waals surface area contributed by atoms with Crippen molar-refractivity contribution in [1.29, 1.82) is 0 Å². The lowest BCUT2D eigenvalue weighted by Crippen LogP contribution is -2.49. The van der Waals surface area contributed by atoms with Gasteiger partial charge in [-0.3, -0.25) is 9.59 Å². The van der Waals surface area contributed by atoms with Gasteiger partial charge in [0.15, 0.2) is 11.2 Å². The molecular weight excluding hydrogens is 316 g/mol. The summed E-state index contributed by atoms with van der Waals surface area (Å²) in [6.45, 7) is 7.72. The van der Waals surface area contributed by atoms with Crippen molar-refractivity contribution in [2.24, 2.45) is 5.41 Å². The smallest absolute Gasteiger partial charge is 0.323 e. The maximum Gasteiger partial charge on any atom is 0.323 e. The van der Waals surface area contributed by atoms with Gasteiger partial charge in [0.2, 0.25) is 0 Å². The lowest BCUT2D eigenvalue weighted by atomic mass is 9.78. The third-order valence-corrected chi connectivity index (χ3v) is 4.33. The van der Waals surface area contributed by atoms with Gasteiger partial charge in [-0.1, -0.05) is 42.5 Å². The zero-order valence-electron chi connectivity index (χ0n) is 15.6. The first-order chi connectivity index (χ1) is 11.8. The molecule has 25 heavy (non-hydrogen) atoms. The molecule has 1 aliphatic rings. The summed E-state index contributed by atoms with van der Waals surface area (Å²) in [7, 11) is 0. The fraction of sp³-hybridized carbons (Fsp3) is 0.524. The predicted octanol–water partition coefficient (Wildman–Crippen LogP) is 4.19. The number of carbonyl (C=O) groups excluding carboxylic acids is 2. The van der Waals surface area contributed by atoms with Crippen molar-refractivity contribution in [2.75, 3.05) is 6.61 Å². The summed E-state index contributed by atoms with van der Waals surface area (Å²) in [5, 5.41) is 0. The highest BCUT2D eigenvalue weighted by molar-refractivity contribution is 6.06. The molecule has 1 aromatic carbocycles. The third kappa shape index (κ3) is 4.57. The SMILES string of the molecule is CCOC(/C=C/c1ccccc1)C1(C(=O)OC(C)(C)C)CCCC1=O. The molecule has 1 aliphatic carbocycles. The number of esters is 1. The molecule has 0 saturated heterocycles. The van der Waals surface area contributed by atoms with E-state index in [1.807, 2.05) is 70.2 Å². The minimum atomic E-state index is -1.24. The fourth-order valence-corrected chi connectivity index (χ4v) is 3.20. The van der Waals surface area contributed by atoms with E-state index in [0.717, 1.165) is 5.56 Å². The molecule has 0 radical (unpaired) electrons. The number of carbonyl (C=O) groups is 2. The van der Waals surface area contributed by atoms with E-state index in [2.05, 4.69) is 0 Å². The van der Waals surface area contributed by atoms with Crippen LogP contribution >= 0.6 is 0 Å². The van der Waals surface area contributed by atoms with Crippen LogP contribution in [0.2, 0.25) is 0 Å². The quantitative estimate of drug-likeness (QED) is 0.574. The van der Waals surface area contributed by atoms with E-state index in [9.17, 15) is 9.59 Å². The van der Waals surface area contributed by atoms with E-state index >= 15 is 0 Å². The minimum Gasteiger partial charge on any atom is -0.459 e. The highest BCUT2D eigenvalue weighted by Crippen LogP contribution is 2.42. The number of Topliss-reactive ketones (excluding diaryl/α,β-unsaturated/α-hetero) is 1. The highest BCUT2D eigenvalue weighted by Gasteiger charge is 2.56. The first-order valence-corrected chi connectivity index (χ1v) is 8.91. The van der Waals surface area contributed by atoms with Gasteiger partial charge in [-0.2, -0.15) is 0 Å². The van der Waals surface area contributed by atoms with Crippen LogP contribution in [0.4, 0.5) is 0 Å². The summed E-state index contributed by atoms with van der Waals surface area (Å²) < 4.78 is 11.4. The van der Waals surface area contributed by atoms with Gasteiger partial charge in [0.05, 0.1) is 6.10 Å². The molecule has 1 aromatic rings. The molecule has 4 nitrogen and oxygen atoms in total. The molecule has 136 valence electrons. The Bertz CT molecular complexity index is 627. The largest absolute Gasteiger partial charge is 0.459 e. The van der Waals surface area contributed by atoms with Crippen molar-refractivity contribution in [3.63, 3.8) is 0 Å². The maximum atomic E-state index is 13.0. The summed E-state index contributed by atoms with van der Waals surface area (Å²) in [6.07, 6.45) is 4.64. The molecule has 4 heteroatoms. The Morgan fingerprint density at radius 2 is 1.96 bits per heavy atom. The Hall–Kier alpha value is -1.94. The van der Waals surface area contributed by atoms with Crippen molar-refractivity contribution in [1.82, 2.24) is 0 Å². The number of hydrogen-bond acceptors (Lipinski definition) is 4. The summed E-state index contributed by atoms with van der Waals surface area (Å²) in [6, 6.07) is 9.77. The molecular formula is C21H28O4. The van der Waals surface area contributed by atoms with Gasteiger partial charge < -0.3 is 9.47 Å². The Labute approximate surface area is 150 Å². The molecule has 2 atom stereocenters. The van der Waals surface area contributed by atoms with E-state index in [1.54, 1.807) is 0 Å². The van der Waals surface area contributed by atoms with Gasteiger partial charge in [-0.25, -0.2) is 0 Å². The highest BCUT2D eigenvalue weighted by atomic mass is 16.6. The van der Waals surface area contributed by atoms with Crippen LogP contribution in [-0.2, 0) is 19.1 Å². The second-order valence-corrected chi connectivity index (χ2v) is 7.40. The summed E-state index contributed by atoms with van der Waals surface area (Å²) in [4.78, 5) is 25.7. The monoisotopic (exact) mass is 344 g/mol. The lowest BCUT2D eigenvalue weighted by Gasteiger charge is -2.34. The topological polar surface area (TPSA) is 52.6 Å². The molecule has 0 aliphatic heterocycles. The molecule has 0 aromatic heterocycles. The predicted molar refractivity (Wildman–Crippen MR) is 98.0 cm³/mol. The Balaban J connectivity index is 2.36. The van der Waals surface area contributed by atoms with Gasteiger partial charge in [-0.15, -0.1) is 0 Å². The van der Waals surface area contributed by atoms with Gasteiger partial charge in [0.1, 0.15) is 5.60 Å². The summed E-state index contributed by atoms with van der Waals surface area (Å²) in [5.74, 6) is -0.559. The lowest BCUT2D eigenvalue weighted by molar-refractivity contribution is -0.176. The van der Waals surface area contributed by atoms with Crippen molar-refractivity contribution in [2.45, 2.75) is 58.7 Å². The second kappa shape index (κ2) is 7.96. The molecule has 0 N–H and O–H groups in total. The van der Waals surface area contributed by atoms with Crippen LogP contribution in [0.3, 0.4) is 0 Å². The van der Waals surface area contributed by atoms with Crippen molar-refractivity contribution in [3.8, 4) is 0 Å². The zero-order chi connectivity index (χ0) is 18.5. The Morgan fingerprint density at radius 1 is 1.28 bits per heavy atom. The third-order valence-electron chi connectivity index (χ3n) is 4.33. The number of ether oxygens (including phenoxy) is 2. The van der Waals surface area contributed by atoms with E-state index in [4.69, 9.17) is 9.47 Å². The average Bonchev–Trinajstić information content (AvgIpc) is 2.93. The fourth-order valence-electron chi connectivity index (χ4n) is 3.20. The van der Waals surface area contributed by atoms with Gasteiger partial charge >= 0.3 is 5.97 Å². The number of benzene rings is 1. The number of ketones is 1. The summed E-state index contributed by atoms with van der Waals surface area (Å²) in [5.41, 5.74) is -0.890. The minimum absolute atomic E-state index is 0.0853.